The lowest BCUT2D eigenvalue weighted by Gasteiger charge is -2.20. The monoisotopic (exact) mass is 230 g/mol. The standard InChI is InChI=1S/C12H22O2S/c1-14-9-5-6-11(13)10-15-12-7-3-2-4-8-12/h12H,2-10H2,1H3. The molecule has 0 aromatic rings. The first-order chi connectivity index (χ1) is 7.33. The second-order valence-corrected chi connectivity index (χ2v) is 5.49. The number of thioether (sulfide) groups is 1. The SMILES string of the molecule is COCCCC(=O)CSC1CCCCC1. The normalized spacial score (nSPS) is 17.9. The van der Waals surface area contributed by atoms with Crippen molar-refractivity contribution in [3.8, 4) is 0 Å². The van der Waals surface area contributed by atoms with Crippen molar-refractivity contribution < 1.29 is 9.53 Å². The third-order valence-corrected chi connectivity index (χ3v) is 4.27. The van der Waals surface area contributed by atoms with E-state index in [4.69, 9.17) is 4.74 Å². The Hall–Kier alpha value is -0.0200. The number of carbonyl (C=O) groups is 1. The van der Waals surface area contributed by atoms with E-state index in [0.717, 1.165) is 11.7 Å². The Morgan fingerprint density at radius 2 is 2.07 bits per heavy atom. The average molecular weight is 230 g/mol. The summed E-state index contributed by atoms with van der Waals surface area (Å²) in [6.07, 6.45) is 8.30. The van der Waals surface area contributed by atoms with E-state index in [0.29, 0.717) is 24.6 Å². The smallest absolute Gasteiger partial charge is 0.142 e. The molecule has 0 radical (unpaired) electrons. The highest BCUT2D eigenvalue weighted by atomic mass is 32.2. The third kappa shape index (κ3) is 6.21. The fraction of sp³-hybridized carbons (Fsp3) is 0.917. The molecule has 0 N–H and O–H groups in total. The molecule has 2 nitrogen and oxygen atoms in total. The molecular weight excluding hydrogens is 208 g/mol. The van der Waals surface area contributed by atoms with Gasteiger partial charge in [-0.1, -0.05) is 19.3 Å². The maximum atomic E-state index is 11.5. The highest BCUT2D eigenvalue weighted by Gasteiger charge is 2.14. The number of hydrogen-bond donors (Lipinski definition) is 0. The van der Waals surface area contributed by atoms with Gasteiger partial charge in [-0.15, -0.1) is 0 Å². The molecule has 3 heteroatoms. The number of ether oxygens (including phenoxy) is 1. The number of rotatable bonds is 7. The van der Waals surface area contributed by atoms with E-state index >= 15 is 0 Å². The minimum atomic E-state index is 0.391. The van der Waals surface area contributed by atoms with Crippen LogP contribution in [0, 0.1) is 0 Å². The van der Waals surface area contributed by atoms with Crippen LogP contribution in [-0.2, 0) is 9.53 Å². The van der Waals surface area contributed by atoms with Crippen LogP contribution in [0.1, 0.15) is 44.9 Å². The lowest BCUT2D eigenvalue weighted by Crippen LogP contribution is -2.12. The molecule has 1 aliphatic rings. The van der Waals surface area contributed by atoms with E-state index < -0.39 is 0 Å². The van der Waals surface area contributed by atoms with Crippen molar-refractivity contribution >= 4 is 17.5 Å². The maximum Gasteiger partial charge on any atom is 0.142 e. The maximum absolute atomic E-state index is 11.5. The average Bonchev–Trinajstić information content (AvgIpc) is 2.28. The predicted octanol–water partition coefficient (Wildman–Crippen LogP) is 3.05. The summed E-state index contributed by atoms with van der Waals surface area (Å²) in [6.45, 7) is 0.708. The first-order valence-electron chi connectivity index (χ1n) is 5.95. The quantitative estimate of drug-likeness (QED) is 0.629. The molecule has 88 valence electrons. The van der Waals surface area contributed by atoms with Gasteiger partial charge in [0.15, 0.2) is 0 Å². The van der Waals surface area contributed by atoms with Gasteiger partial charge >= 0.3 is 0 Å². The van der Waals surface area contributed by atoms with Crippen molar-refractivity contribution in [3.63, 3.8) is 0 Å². The lowest BCUT2D eigenvalue weighted by molar-refractivity contribution is -0.116. The number of hydrogen-bond acceptors (Lipinski definition) is 3. The highest BCUT2D eigenvalue weighted by molar-refractivity contribution is 8.00. The highest BCUT2D eigenvalue weighted by Crippen LogP contribution is 2.28. The second-order valence-electron chi connectivity index (χ2n) is 4.21. The van der Waals surface area contributed by atoms with E-state index in [2.05, 4.69) is 0 Å². The molecule has 1 aliphatic carbocycles. The largest absolute Gasteiger partial charge is 0.385 e. The summed E-state index contributed by atoms with van der Waals surface area (Å²) in [5.41, 5.74) is 0. The summed E-state index contributed by atoms with van der Waals surface area (Å²) in [6, 6.07) is 0. The van der Waals surface area contributed by atoms with Crippen molar-refractivity contribution in [3.05, 3.63) is 0 Å². The molecule has 0 bridgehead atoms. The van der Waals surface area contributed by atoms with Gasteiger partial charge in [0.05, 0.1) is 5.75 Å². The molecule has 0 aromatic carbocycles. The van der Waals surface area contributed by atoms with Crippen LogP contribution in [-0.4, -0.2) is 30.5 Å². The molecule has 0 spiro atoms. The first-order valence-corrected chi connectivity index (χ1v) is 7.00. The van der Waals surface area contributed by atoms with E-state index in [9.17, 15) is 4.79 Å². The Bertz CT molecular complexity index is 176. The molecular formula is C12H22O2S. The van der Waals surface area contributed by atoms with Gasteiger partial charge in [-0.25, -0.2) is 0 Å². The van der Waals surface area contributed by atoms with E-state index in [-0.39, 0.29) is 0 Å². The fourth-order valence-corrected chi connectivity index (χ4v) is 3.16. The topological polar surface area (TPSA) is 26.3 Å². The molecule has 1 fully saturated rings. The number of methoxy groups -OCH3 is 1. The van der Waals surface area contributed by atoms with Crippen molar-refractivity contribution in [2.24, 2.45) is 0 Å². The van der Waals surface area contributed by atoms with Crippen LogP contribution in [0.2, 0.25) is 0 Å². The van der Waals surface area contributed by atoms with Crippen LogP contribution in [0.3, 0.4) is 0 Å². The predicted molar refractivity (Wildman–Crippen MR) is 65.4 cm³/mol. The second kappa shape index (κ2) is 8.17. The number of ketones is 1. The fourth-order valence-electron chi connectivity index (χ4n) is 1.93. The van der Waals surface area contributed by atoms with Crippen LogP contribution in [0.4, 0.5) is 0 Å². The first kappa shape index (κ1) is 13.0. The van der Waals surface area contributed by atoms with Crippen molar-refractivity contribution in [1.29, 1.82) is 0 Å². The molecule has 0 unspecified atom stereocenters. The zero-order valence-electron chi connectivity index (χ0n) is 9.67. The molecule has 0 heterocycles. The number of Topliss-reactive ketones (excluding diaryl/α,β-unsaturated/α-hetero) is 1. The molecule has 0 aliphatic heterocycles. The Balaban J connectivity index is 2.00. The molecule has 0 atom stereocenters. The van der Waals surface area contributed by atoms with Gasteiger partial charge in [-0.2, -0.15) is 11.8 Å². The Morgan fingerprint density at radius 1 is 1.33 bits per heavy atom. The van der Waals surface area contributed by atoms with Crippen LogP contribution >= 0.6 is 11.8 Å². The van der Waals surface area contributed by atoms with Gasteiger partial charge in [-0.05, 0) is 19.3 Å². The summed E-state index contributed by atoms with van der Waals surface area (Å²) in [4.78, 5) is 11.5. The van der Waals surface area contributed by atoms with Crippen LogP contribution in [0.5, 0.6) is 0 Å². The van der Waals surface area contributed by atoms with Gasteiger partial charge in [0.2, 0.25) is 0 Å². The van der Waals surface area contributed by atoms with Gasteiger partial charge in [0, 0.05) is 25.4 Å². The summed E-state index contributed by atoms with van der Waals surface area (Å²) < 4.78 is 4.93. The minimum Gasteiger partial charge on any atom is -0.385 e. The molecule has 0 amide bonds. The minimum absolute atomic E-state index is 0.391. The zero-order valence-corrected chi connectivity index (χ0v) is 10.5. The van der Waals surface area contributed by atoms with Gasteiger partial charge in [-0.3, -0.25) is 4.79 Å². The molecule has 0 aromatic heterocycles. The number of carbonyl (C=O) groups excluding carboxylic acids is 1. The Labute approximate surface area is 97.1 Å². The van der Waals surface area contributed by atoms with Crippen molar-refractivity contribution in [1.82, 2.24) is 0 Å². The third-order valence-electron chi connectivity index (χ3n) is 2.84. The van der Waals surface area contributed by atoms with E-state index in [1.54, 1.807) is 7.11 Å². The Morgan fingerprint density at radius 3 is 2.73 bits per heavy atom. The van der Waals surface area contributed by atoms with Crippen molar-refractivity contribution in [2.45, 2.75) is 50.2 Å². The summed E-state index contributed by atoms with van der Waals surface area (Å²) in [5.74, 6) is 1.11. The van der Waals surface area contributed by atoms with Crippen LogP contribution < -0.4 is 0 Å². The van der Waals surface area contributed by atoms with E-state index in [1.165, 1.54) is 32.1 Å². The Kier molecular flexibility index (Phi) is 7.11. The molecule has 0 saturated heterocycles. The zero-order chi connectivity index (χ0) is 10.9. The molecule has 1 saturated carbocycles. The van der Waals surface area contributed by atoms with Gasteiger partial charge in [0.25, 0.3) is 0 Å². The van der Waals surface area contributed by atoms with E-state index in [1.807, 2.05) is 11.8 Å². The molecule has 1 rings (SSSR count). The summed E-state index contributed by atoms with van der Waals surface area (Å²) in [5, 5.41) is 0.755. The van der Waals surface area contributed by atoms with Gasteiger partial charge < -0.3 is 4.74 Å². The lowest BCUT2D eigenvalue weighted by atomic mass is 10.0. The van der Waals surface area contributed by atoms with Crippen LogP contribution in [0.15, 0.2) is 0 Å². The van der Waals surface area contributed by atoms with Crippen LogP contribution in [0.25, 0.3) is 0 Å². The summed E-state index contributed by atoms with van der Waals surface area (Å²) >= 11 is 1.87. The van der Waals surface area contributed by atoms with Gasteiger partial charge in [0.1, 0.15) is 5.78 Å². The van der Waals surface area contributed by atoms with Crippen molar-refractivity contribution in [2.75, 3.05) is 19.5 Å². The summed E-state index contributed by atoms with van der Waals surface area (Å²) in [7, 11) is 1.68. The molecule has 15 heavy (non-hydrogen) atoms.